The summed E-state index contributed by atoms with van der Waals surface area (Å²) in [4.78, 5) is 29.3. The quantitative estimate of drug-likeness (QED) is 0.229. The van der Waals surface area contributed by atoms with Crippen LogP contribution in [0, 0.1) is 20.8 Å². The van der Waals surface area contributed by atoms with E-state index in [2.05, 4.69) is 5.32 Å². The van der Waals surface area contributed by atoms with Crippen LogP contribution in [0.4, 0.5) is 5.69 Å². The van der Waals surface area contributed by atoms with E-state index in [1.165, 1.54) is 24.1 Å². The Balaban J connectivity index is 1.83. The molecule has 4 aromatic carbocycles. The minimum atomic E-state index is -4.17. The number of anilines is 1. The molecule has 0 aromatic heterocycles. The first-order valence-electron chi connectivity index (χ1n) is 14.0. The highest BCUT2D eigenvalue weighted by Crippen LogP contribution is 2.29. The van der Waals surface area contributed by atoms with Crippen LogP contribution in [0.5, 0.6) is 0 Å². The minimum absolute atomic E-state index is 0.00858. The standard InChI is InChI=1S/C34H36ClN3O4S/c1-24-15-18-29(19-16-24)43(41,42)38(31-20-25(2)14-17-26(31)3)23-33(39)37(22-28-12-8-9-13-30(28)35)32(34(40)36-4)21-27-10-6-5-7-11-27/h5-20,32H,21-23H2,1-4H3,(H,36,40)/t32-/m0/s1. The summed E-state index contributed by atoms with van der Waals surface area (Å²) in [7, 11) is -2.65. The molecule has 0 heterocycles. The summed E-state index contributed by atoms with van der Waals surface area (Å²) in [5, 5.41) is 3.13. The van der Waals surface area contributed by atoms with Crippen LogP contribution >= 0.6 is 11.6 Å². The van der Waals surface area contributed by atoms with Gasteiger partial charge in [-0.3, -0.25) is 13.9 Å². The lowest BCUT2D eigenvalue weighted by molar-refractivity contribution is -0.139. The molecule has 0 aliphatic heterocycles. The SMILES string of the molecule is CNC(=O)[C@H](Cc1ccccc1)N(Cc1ccccc1Cl)C(=O)CN(c1cc(C)ccc1C)S(=O)(=O)c1ccc(C)cc1. The van der Waals surface area contributed by atoms with E-state index < -0.39 is 28.5 Å². The fourth-order valence-corrected chi connectivity index (χ4v) is 6.54. The number of nitrogens with zero attached hydrogens (tertiary/aromatic N) is 2. The Bertz CT molecular complexity index is 1690. The van der Waals surface area contributed by atoms with Crippen LogP contribution in [-0.4, -0.2) is 44.8 Å². The van der Waals surface area contributed by atoms with Crippen molar-refractivity contribution >= 4 is 39.1 Å². The molecule has 1 N–H and O–H groups in total. The smallest absolute Gasteiger partial charge is 0.264 e. The molecule has 43 heavy (non-hydrogen) atoms. The number of carbonyl (C=O) groups is 2. The normalized spacial score (nSPS) is 11.9. The number of carbonyl (C=O) groups excluding carboxylic acids is 2. The minimum Gasteiger partial charge on any atom is -0.357 e. The van der Waals surface area contributed by atoms with E-state index in [1.807, 2.05) is 56.3 Å². The highest BCUT2D eigenvalue weighted by atomic mass is 35.5. The van der Waals surface area contributed by atoms with E-state index in [0.717, 1.165) is 21.0 Å². The zero-order chi connectivity index (χ0) is 31.1. The maximum atomic E-state index is 14.4. The first kappa shape index (κ1) is 31.8. The average molecular weight is 618 g/mol. The van der Waals surface area contributed by atoms with Crippen LogP contribution in [0.2, 0.25) is 5.02 Å². The fourth-order valence-electron chi connectivity index (χ4n) is 4.87. The highest BCUT2D eigenvalue weighted by Gasteiger charge is 2.35. The molecule has 0 aliphatic carbocycles. The van der Waals surface area contributed by atoms with Crippen LogP contribution in [0.1, 0.15) is 27.8 Å². The van der Waals surface area contributed by atoms with E-state index in [9.17, 15) is 18.0 Å². The molecular formula is C34H36ClN3O4S. The van der Waals surface area contributed by atoms with Crippen molar-refractivity contribution < 1.29 is 18.0 Å². The lowest BCUT2D eigenvalue weighted by Gasteiger charge is -2.34. The van der Waals surface area contributed by atoms with Crippen LogP contribution in [0.25, 0.3) is 0 Å². The van der Waals surface area contributed by atoms with Crippen molar-refractivity contribution in [2.75, 3.05) is 17.9 Å². The first-order chi connectivity index (χ1) is 20.5. The molecule has 0 bridgehead atoms. The molecule has 0 unspecified atom stereocenters. The van der Waals surface area contributed by atoms with Crippen molar-refractivity contribution in [3.63, 3.8) is 0 Å². The second kappa shape index (κ2) is 13.9. The van der Waals surface area contributed by atoms with Gasteiger partial charge in [0.25, 0.3) is 10.0 Å². The third-order valence-electron chi connectivity index (χ3n) is 7.34. The number of amides is 2. The molecule has 1 atom stereocenters. The Kier molecular flexibility index (Phi) is 10.3. The van der Waals surface area contributed by atoms with Gasteiger partial charge in [0, 0.05) is 25.0 Å². The van der Waals surface area contributed by atoms with Crippen molar-refractivity contribution in [2.24, 2.45) is 0 Å². The number of benzene rings is 4. The summed E-state index contributed by atoms with van der Waals surface area (Å²) in [6, 6.07) is 27.6. The zero-order valence-corrected chi connectivity index (χ0v) is 26.3. The van der Waals surface area contributed by atoms with E-state index in [1.54, 1.807) is 49.4 Å². The van der Waals surface area contributed by atoms with E-state index in [-0.39, 0.29) is 23.8 Å². The molecule has 0 radical (unpaired) electrons. The Labute approximate surface area is 259 Å². The summed E-state index contributed by atoms with van der Waals surface area (Å²) < 4.78 is 29.5. The predicted octanol–water partition coefficient (Wildman–Crippen LogP) is 5.85. The molecule has 4 rings (SSSR count). The van der Waals surface area contributed by atoms with Gasteiger partial charge in [-0.05, 0) is 67.3 Å². The maximum absolute atomic E-state index is 14.4. The zero-order valence-electron chi connectivity index (χ0n) is 24.7. The fraction of sp³-hybridized carbons (Fsp3) is 0.235. The Hall–Kier alpha value is -4.14. The van der Waals surface area contributed by atoms with Gasteiger partial charge in [-0.15, -0.1) is 0 Å². The Morgan fingerprint density at radius 3 is 2.12 bits per heavy atom. The van der Waals surface area contributed by atoms with Gasteiger partial charge in [0.15, 0.2) is 0 Å². The molecule has 0 fully saturated rings. The Morgan fingerprint density at radius 2 is 1.47 bits per heavy atom. The van der Waals surface area contributed by atoms with Crippen LogP contribution in [0.3, 0.4) is 0 Å². The van der Waals surface area contributed by atoms with Crippen LogP contribution in [0.15, 0.2) is 102 Å². The molecular weight excluding hydrogens is 582 g/mol. The summed E-state index contributed by atoms with van der Waals surface area (Å²) in [6.07, 6.45) is 0.227. The van der Waals surface area contributed by atoms with Gasteiger partial charge in [0.05, 0.1) is 10.6 Å². The average Bonchev–Trinajstić information content (AvgIpc) is 3.00. The van der Waals surface area contributed by atoms with Gasteiger partial charge in [-0.2, -0.15) is 0 Å². The molecule has 0 aliphatic rings. The largest absolute Gasteiger partial charge is 0.357 e. The summed E-state index contributed by atoms with van der Waals surface area (Å²) >= 11 is 6.51. The van der Waals surface area contributed by atoms with Crippen molar-refractivity contribution in [3.8, 4) is 0 Å². The summed E-state index contributed by atoms with van der Waals surface area (Å²) in [6.45, 7) is 5.04. The topological polar surface area (TPSA) is 86.8 Å². The molecule has 4 aromatic rings. The van der Waals surface area contributed by atoms with Gasteiger partial charge < -0.3 is 10.2 Å². The molecule has 0 saturated carbocycles. The van der Waals surface area contributed by atoms with Gasteiger partial charge >= 0.3 is 0 Å². The molecule has 2 amide bonds. The number of likely N-dealkylation sites (N-methyl/N-ethyl adjacent to an activating group) is 1. The monoisotopic (exact) mass is 617 g/mol. The highest BCUT2D eigenvalue weighted by molar-refractivity contribution is 7.92. The van der Waals surface area contributed by atoms with Gasteiger partial charge in [0.2, 0.25) is 11.8 Å². The number of rotatable bonds is 11. The van der Waals surface area contributed by atoms with Crippen molar-refractivity contribution in [2.45, 2.75) is 44.7 Å². The number of hydrogen-bond acceptors (Lipinski definition) is 4. The molecule has 9 heteroatoms. The Morgan fingerprint density at radius 1 is 0.837 bits per heavy atom. The van der Waals surface area contributed by atoms with Crippen molar-refractivity contribution in [3.05, 3.63) is 130 Å². The lowest BCUT2D eigenvalue weighted by atomic mass is 10.0. The predicted molar refractivity (Wildman–Crippen MR) is 172 cm³/mol. The number of halogens is 1. The maximum Gasteiger partial charge on any atom is 0.264 e. The lowest BCUT2D eigenvalue weighted by Crippen LogP contribution is -2.53. The van der Waals surface area contributed by atoms with E-state index >= 15 is 0 Å². The van der Waals surface area contributed by atoms with E-state index in [0.29, 0.717) is 21.8 Å². The van der Waals surface area contributed by atoms with Crippen LogP contribution < -0.4 is 9.62 Å². The van der Waals surface area contributed by atoms with Gasteiger partial charge in [-0.1, -0.05) is 90.0 Å². The second-order valence-corrected chi connectivity index (χ2v) is 12.8. The number of sulfonamides is 1. The van der Waals surface area contributed by atoms with Gasteiger partial charge in [0.1, 0.15) is 12.6 Å². The van der Waals surface area contributed by atoms with Crippen molar-refractivity contribution in [1.82, 2.24) is 10.2 Å². The number of nitrogens with one attached hydrogen (secondary N) is 1. The van der Waals surface area contributed by atoms with Crippen LogP contribution in [-0.2, 0) is 32.6 Å². The molecule has 0 saturated heterocycles. The summed E-state index contributed by atoms with van der Waals surface area (Å²) in [5.41, 5.74) is 4.34. The third kappa shape index (κ3) is 7.63. The number of aryl methyl sites for hydroxylation is 3. The van der Waals surface area contributed by atoms with E-state index in [4.69, 9.17) is 11.6 Å². The number of hydrogen-bond donors (Lipinski definition) is 1. The summed E-state index contributed by atoms with van der Waals surface area (Å²) in [5.74, 6) is -0.912. The molecule has 0 spiro atoms. The van der Waals surface area contributed by atoms with Gasteiger partial charge in [-0.25, -0.2) is 8.42 Å². The van der Waals surface area contributed by atoms with Crippen molar-refractivity contribution in [1.29, 1.82) is 0 Å². The molecule has 7 nitrogen and oxygen atoms in total. The molecule has 224 valence electrons. The third-order valence-corrected chi connectivity index (χ3v) is 9.48. The second-order valence-electron chi connectivity index (χ2n) is 10.5. The first-order valence-corrected chi connectivity index (χ1v) is 15.8.